The van der Waals surface area contributed by atoms with E-state index in [1.165, 1.54) is 0 Å². The van der Waals surface area contributed by atoms with E-state index in [1.54, 1.807) is 30.3 Å². The lowest BCUT2D eigenvalue weighted by Crippen LogP contribution is -2.08. The first-order valence-electron chi connectivity index (χ1n) is 5.41. The molecule has 2 aromatic rings. The molecule has 0 bridgehead atoms. The summed E-state index contributed by atoms with van der Waals surface area (Å²) in [4.78, 5) is 2.76. The minimum atomic E-state index is -9.71. The number of rotatable bonds is 4. The highest BCUT2D eigenvalue weighted by Gasteiger charge is 2.67. The first-order valence-corrected chi connectivity index (χ1v) is 7.37. The van der Waals surface area contributed by atoms with Gasteiger partial charge in [-0.25, -0.2) is 4.98 Å². The molecule has 110 valence electrons. The van der Waals surface area contributed by atoms with Crippen molar-refractivity contribution in [3.8, 4) is 5.75 Å². The number of hydrogen-bond donors (Lipinski definition) is 0. The zero-order valence-corrected chi connectivity index (χ0v) is 10.8. The second-order valence-electron chi connectivity index (χ2n) is 4.08. The monoisotopic (exact) mass is 311 g/mol. The number of halogens is 5. The summed E-state index contributed by atoms with van der Waals surface area (Å²) < 4.78 is 67.3. The smallest absolute Gasteiger partial charge is 0.325 e. The number of aromatic nitrogens is 1. The van der Waals surface area contributed by atoms with Gasteiger partial charge in [0.05, 0.1) is 6.20 Å². The van der Waals surface area contributed by atoms with E-state index in [-0.39, 0.29) is 18.4 Å². The number of benzene rings is 1. The van der Waals surface area contributed by atoms with Gasteiger partial charge >= 0.3 is 10.2 Å². The maximum absolute atomic E-state index is 12.4. The second-order valence-corrected chi connectivity index (χ2v) is 6.43. The van der Waals surface area contributed by atoms with E-state index in [0.717, 1.165) is 11.6 Å². The van der Waals surface area contributed by atoms with Gasteiger partial charge in [0, 0.05) is 0 Å². The van der Waals surface area contributed by atoms with E-state index in [0.29, 0.717) is 6.20 Å². The van der Waals surface area contributed by atoms with Gasteiger partial charge < -0.3 is 4.74 Å². The molecule has 0 saturated heterocycles. The quantitative estimate of drug-likeness (QED) is 0.713. The molecule has 2 rings (SSSR count). The van der Waals surface area contributed by atoms with E-state index in [2.05, 4.69) is 4.98 Å². The normalized spacial score (nSPS) is 15.2. The summed E-state index contributed by atoms with van der Waals surface area (Å²) in [7, 11) is -9.71. The lowest BCUT2D eigenvalue weighted by atomic mass is 10.2. The number of hydrogen-bond acceptors (Lipinski definition) is 2. The van der Waals surface area contributed by atoms with Gasteiger partial charge in [-0.3, -0.25) is 0 Å². The van der Waals surface area contributed by atoms with E-state index < -0.39 is 15.3 Å². The molecule has 0 aliphatic carbocycles. The highest BCUT2D eigenvalue weighted by Crippen LogP contribution is 3.01. The summed E-state index contributed by atoms with van der Waals surface area (Å²) in [6.45, 7) is 0.109. The maximum atomic E-state index is 12.4. The summed E-state index contributed by atoms with van der Waals surface area (Å²) in [5.74, 6) is -0.0144. The Hall–Kier alpha value is -1.83. The molecule has 0 aliphatic heterocycles. The molecule has 0 radical (unpaired) electrons. The summed E-state index contributed by atoms with van der Waals surface area (Å²) >= 11 is 0. The van der Waals surface area contributed by atoms with Gasteiger partial charge in [0.25, 0.3) is 0 Å². The third-order valence-electron chi connectivity index (χ3n) is 2.35. The van der Waals surface area contributed by atoms with Gasteiger partial charge in [-0.2, -0.15) is 0 Å². The Bertz CT molecular complexity index is 597. The molecule has 1 heterocycles. The zero-order valence-electron chi connectivity index (χ0n) is 9.98. The molecule has 0 N–H and O–H groups in total. The first-order chi connectivity index (χ1) is 9.04. The third-order valence-corrected chi connectivity index (χ3v) is 3.38. The molecule has 1 aromatic carbocycles. The Morgan fingerprint density at radius 1 is 0.900 bits per heavy atom. The van der Waals surface area contributed by atoms with Crippen molar-refractivity contribution >= 4 is 10.2 Å². The van der Waals surface area contributed by atoms with Crippen LogP contribution in [0.15, 0.2) is 53.7 Å². The van der Waals surface area contributed by atoms with Crippen molar-refractivity contribution in [1.29, 1.82) is 0 Å². The van der Waals surface area contributed by atoms with Crippen LogP contribution in [0, 0.1) is 0 Å². The zero-order chi connectivity index (χ0) is 14.9. The Kier molecular flexibility index (Phi) is 2.97. The number of nitrogens with zero attached hydrogens (tertiary/aromatic N) is 1. The Labute approximate surface area is 111 Å². The van der Waals surface area contributed by atoms with Crippen LogP contribution in [0.4, 0.5) is 19.4 Å². The van der Waals surface area contributed by atoms with Gasteiger partial charge in [-0.05, 0) is 17.7 Å². The average Bonchev–Trinajstić information content (AvgIpc) is 2.35. The van der Waals surface area contributed by atoms with E-state index in [1.807, 2.05) is 0 Å². The molecule has 8 heteroatoms. The maximum Gasteiger partial charge on any atom is 0.325 e. The highest BCUT2D eigenvalue weighted by molar-refractivity contribution is 8.45. The highest BCUT2D eigenvalue weighted by atomic mass is 32.5. The minimum Gasteiger partial charge on any atom is -0.487 e. The van der Waals surface area contributed by atoms with Gasteiger partial charge in [0.2, 0.25) is 0 Å². The summed E-state index contributed by atoms with van der Waals surface area (Å²) in [5.41, 5.74) is 0.796. The Balaban J connectivity index is 2.11. The van der Waals surface area contributed by atoms with Gasteiger partial charge in [-0.15, -0.1) is 0 Å². The van der Waals surface area contributed by atoms with Crippen molar-refractivity contribution < 1.29 is 24.2 Å². The fraction of sp³-hybridized carbons (Fsp3) is 0.0833. The van der Waals surface area contributed by atoms with Crippen LogP contribution in [-0.4, -0.2) is 4.98 Å². The Morgan fingerprint density at radius 2 is 1.55 bits per heavy atom. The minimum absolute atomic E-state index is 0.0144. The second kappa shape index (κ2) is 4.08. The van der Waals surface area contributed by atoms with Crippen LogP contribution in [-0.2, 0) is 6.61 Å². The summed E-state index contributed by atoms with van der Waals surface area (Å²) in [6.07, 6.45) is 0.635. The third kappa shape index (κ3) is 3.83. The number of ether oxygens (including phenoxy) is 1. The molecule has 0 amide bonds. The van der Waals surface area contributed by atoms with E-state index >= 15 is 0 Å². The van der Waals surface area contributed by atoms with Crippen LogP contribution in [0.25, 0.3) is 0 Å². The predicted molar refractivity (Wildman–Crippen MR) is 66.4 cm³/mol. The van der Waals surface area contributed by atoms with Crippen molar-refractivity contribution in [2.45, 2.75) is 11.6 Å². The van der Waals surface area contributed by atoms with Crippen molar-refractivity contribution in [2.24, 2.45) is 0 Å². The van der Waals surface area contributed by atoms with Crippen molar-refractivity contribution in [2.75, 3.05) is 0 Å². The lowest BCUT2D eigenvalue weighted by Gasteiger charge is -2.39. The summed E-state index contributed by atoms with van der Waals surface area (Å²) in [5, 5.41) is -2.17. The van der Waals surface area contributed by atoms with Crippen molar-refractivity contribution in [3.05, 3.63) is 54.2 Å². The van der Waals surface area contributed by atoms with Crippen molar-refractivity contribution in [1.82, 2.24) is 4.98 Å². The lowest BCUT2D eigenvalue weighted by molar-refractivity contribution is 0.303. The summed E-state index contributed by atoms with van der Waals surface area (Å²) in [6, 6.07) is 9.91. The van der Waals surface area contributed by atoms with Crippen LogP contribution in [0.3, 0.4) is 0 Å². The molecule has 20 heavy (non-hydrogen) atoms. The van der Waals surface area contributed by atoms with Crippen LogP contribution < -0.4 is 4.74 Å². The van der Waals surface area contributed by atoms with Crippen LogP contribution in [0.5, 0.6) is 5.75 Å². The molecule has 0 aliphatic rings. The number of pyridine rings is 1. The molecule has 0 spiro atoms. The van der Waals surface area contributed by atoms with Crippen LogP contribution >= 0.6 is 10.2 Å². The molecular formula is C12H10F5NOS. The molecule has 0 unspecified atom stereocenters. The average molecular weight is 311 g/mol. The molecule has 0 fully saturated rings. The van der Waals surface area contributed by atoms with E-state index in [4.69, 9.17) is 4.74 Å². The van der Waals surface area contributed by atoms with Crippen LogP contribution in [0.2, 0.25) is 0 Å². The van der Waals surface area contributed by atoms with Crippen molar-refractivity contribution in [3.63, 3.8) is 0 Å². The topological polar surface area (TPSA) is 22.1 Å². The predicted octanol–water partition coefficient (Wildman–Crippen LogP) is 5.32. The first kappa shape index (κ1) is 14.6. The Morgan fingerprint density at radius 3 is 2.05 bits per heavy atom. The molecule has 1 aromatic heterocycles. The fourth-order valence-electron chi connectivity index (χ4n) is 1.42. The largest absolute Gasteiger partial charge is 0.487 e. The van der Waals surface area contributed by atoms with Crippen LogP contribution in [0.1, 0.15) is 5.56 Å². The fourth-order valence-corrected chi connectivity index (χ4v) is 2.00. The standard InChI is InChI=1S/C12H10F5NOS/c13-20(14,15,16,17)12-7-6-11(8-18-12)19-9-10-4-2-1-3-5-10/h1-8H,9H2. The van der Waals surface area contributed by atoms with Gasteiger partial charge in [0.15, 0.2) is 5.03 Å². The molecule has 2 nitrogen and oxygen atoms in total. The van der Waals surface area contributed by atoms with Gasteiger partial charge in [-0.1, -0.05) is 49.8 Å². The molecule has 0 atom stereocenters. The van der Waals surface area contributed by atoms with E-state index in [9.17, 15) is 19.4 Å². The molecule has 0 saturated carbocycles. The van der Waals surface area contributed by atoms with Gasteiger partial charge in [0.1, 0.15) is 12.4 Å². The molecular weight excluding hydrogens is 301 g/mol. The SMILES string of the molecule is FS(F)(F)(F)(F)c1ccc(OCc2ccccc2)cn1.